The third-order valence-electron chi connectivity index (χ3n) is 6.56. The molecule has 4 nitrogen and oxygen atoms in total. The van der Waals surface area contributed by atoms with Gasteiger partial charge in [0.15, 0.2) is 0 Å². The highest BCUT2D eigenvalue weighted by Gasteiger charge is 2.46. The molecule has 1 saturated carbocycles. The summed E-state index contributed by atoms with van der Waals surface area (Å²) in [5.74, 6) is 0.766. The van der Waals surface area contributed by atoms with Gasteiger partial charge in [0.1, 0.15) is 0 Å². The van der Waals surface area contributed by atoms with Gasteiger partial charge in [-0.15, -0.1) is 0 Å². The number of hydrogen-bond donors (Lipinski definition) is 2. The SMILES string of the molecule is CC1(C)CC(CC(=O)N2CCC[C@]3(CCC[C@H]3O)C2)CC(C)(C)N1. The molecule has 1 spiro atoms. The van der Waals surface area contributed by atoms with Crippen LogP contribution in [0.1, 0.15) is 79.1 Å². The lowest BCUT2D eigenvalue weighted by Gasteiger charge is -2.47. The summed E-state index contributed by atoms with van der Waals surface area (Å²) in [7, 11) is 0. The molecular weight excluding hydrogens is 300 g/mol. The Morgan fingerprint density at radius 3 is 2.33 bits per heavy atom. The molecule has 2 atom stereocenters. The van der Waals surface area contributed by atoms with Crippen LogP contribution < -0.4 is 5.32 Å². The molecule has 2 aliphatic heterocycles. The van der Waals surface area contributed by atoms with Crippen molar-refractivity contribution in [3.05, 3.63) is 0 Å². The Labute approximate surface area is 147 Å². The molecule has 0 radical (unpaired) electrons. The lowest BCUT2D eigenvalue weighted by Crippen LogP contribution is -2.58. The van der Waals surface area contributed by atoms with Gasteiger partial charge in [-0.1, -0.05) is 6.42 Å². The van der Waals surface area contributed by atoms with Gasteiger partial charge in [-0.3, -0.25) is 4.79 Å². The van der Waals surface area contributed by atoms with Gasteiger partial charge in [0.25, 0.3) is 0 Å². The lowest BCUT2D eigenvalue weighted by molar-refractivity contribution is -0.138. The first-order valence-electron chi connectivity index (χ1n) is 9.86. The van der Waals surface area contributed by atoms with E-state index in [-0.39, 0.29) is 22.6 Å². The maximum absolute atomic E-state index is 13.0. The van der Waals surface area contributed by atoms with Gasteiger partial charge < -0.3 is 15.3 Å². The van der Waals surface area contributed by atoms with E-state index in [2.05, 4.69) is 37.9 Å². The summed E-state index contributed by atoms with van der Waals surface area (Å²) in [5.41, 5.74) is 0.190. The first kappa shape index (κ1) is 18.2. The molecule has 24 heavy (non-hydrogen) atoms. The largest absolute Gasteiger partial charge is 0.392 e. The van der Waals surface area contributed by atoms with Crippen LogP contribution in [0.25, 0.3) is 0 Å². The molecule has 0 aromatic heterocycles. The van der Waals surface area contributed by atoms with Gasteiger partial charge in [0.2, 0.25) is 5.91 Å². The van der Waals surface area contributed by atoms with Gasteiger partial charge in [-0.2, -0.15) is 0 Å². The van der Waals surface area contributed by atoms with Crippen LogP contribution >= 0.6 is 0 Å². The molecule has 1 amide bonds. The number of hydrogen-bond acceptors (Lipinski definition) is 3. The van der Waals surface area contributed by atoms with Gasteiger partial charge in [0.05, 0.1) is 6.10 Å². The van der Waals surface area contributed by atoms with Gasteiger partial charge in [0, 0.05) is 36.0 Å². The number of nitrogens with zero attached hydrogens (tertiary/aromatic N) is 1. The number of amides is 1. The molecule has 4 heteroatoms. The number of aliphatic hydroxyl groups excluding tert-OH is 1. The molecule has 0 bridgehead atoms. The normalized spacial score (nSPS) is 36.2. The predicted molar refractivity (Wildman–Crippen MR) is 96.7 cm³/mol. The van der Waals surface area contributed by atoms with E-state index < -0.39 is 0 Å². The van der Waals surface area contributed by atoms with Crippen LogP contribution in [-0.4, -0.2) is 46.2 Å². The third-order valence-corrected chi connectivity index (χ3v) is 6.56. The fourth-order valence-corrected chi connectivity index (χ4v) is 6.02. The Kier molecular flexibility index (Phi) is 4.76. The first-order valence-corrected chi connectivity index (χ1v) is 9.86. The Bertz CT molecular complexity index is 472. The van der Waals surface area contributed by atoms with Crippen molar-refractivity contribution in [3.8, 4) is 0 Å². The number of carbonyl (C=O) groups excluding carboxylic acids is 1. The zero-order valence-electron chi connectivity index (χ0n) is 16.0. The second-order valence-corrected chi connectivity index (χ2v) is 10.1. The number of piperidine rings is 2. The van der Waals surface area contributed by atoms with Crippen molar-refractivity contribution in [2.45, 2.75) is 96.2 Å². The van der Waals surface area contributed by atoms with Crippen molar-refractivity contribution < 1.29 is 9.90 Å². The predicted octanol–water partition coefficient (Wildman–Crippen LogP) is 3.09. The van der Waals surface area contributed by atoms with E-state index in [0.717, 1.165) is 58.0 Å². The second kappa shape index (κ2) is 6.28. The van der Waals surface area contributed by atoms with E-state index in [9.17, 15) is 9.90 Å². The lowest BCUT2D eigenvalue weighted by atomic mass is 9.74. The number of aliphatic hydroxyl groups is 1. The zero-order valence-corrected chi connectivity index (χ0v) is 16.0. The average molecular weight is 337 g/mol. The molecule has 0 aromatic rings. The topological polar surface area (TPSA) is 52.6 Å². The van der Waals surface area contributed by atoms with Crippen LogP contribution in [0.15, 0.2) is 0 Å². The van der Waals surface area contributed by atoms with Crippen molar-refractivity contribution >= 4 is 5.91 Å². The highest BCUT2D eigenvalue weighted by Crippen LogP contribution is 2.45. The molecule has 2 saturated heterocycles. The van der Waals surface area contributed by atoms with Crippen molar-refractivity contribution in [2.75, 3.05) is 13.1 Å². The minimum absolute atomic E-state index is 0.000568. The molecule has 2 heterocycles. The minimum atomic E-state index is -0.204. The van der Waals surface area contributed by atoms with Crippen molar-refractivity contribution in [2.24, 2.45) is 11.3 Å². The van der Waals surface area contributed by atoms with E-state index in [0.29, 0.717) is 18.2 Å². The summed E-state index contributed by atoms with van der Waals surface area (Å²) in [5, 5.41) is 14.1. The van der Waals surface area contributed by atoms with Crippen LogP contribution in [0.5, 0.6) is 0 Å². The smallest absolute Gasteiger partial charge is 0.222 e. The molecule has 0 aromatic carbocycles. The van der Waals surface area contributed by atoms with Crippen molar-refractivity contribution in [1.82, 2.24) is 10.2 Å². The third kappa shape index (κ3) is 3.80. The van der Waals surface area contributed by atoms with Crippen LogP contribution in [-0.2, 0) is 4.79 Å². The monoisotopic (exact) mass is 336 g/mol. The standard InChI is InChI=1S/C20H36N2O2/c1-18(2)12-15(13-19(3,4)21-18)11-17(24)22-10-6-9-20(14-22)8-5-7-16(20)23/h15-16,21,23H,5-14H2,1-4H3/t16-,20-/m1/s1. The Hall–Kier alpha value is -0.610. The molecule has 3 rings (SSSR count). The highest BCUT2D eigenvalue weighted by molar-refractivity contribution is 5.76. The van der Waals surface area contributed by atoms with Crippen LogP contribution in [0, 0.1) is 11.3 Å². The molecule has 0 unspecified atom stereocenters. The Morgan fingerprint density at radius 2 is 1.75 bits per heavy atom. The molecule has 138 valence electrons. The first-order chi connectivity index (χ1) is 11.1. The van der Waals surface area contributed by atoms with Crippen molar-refractivity contribution in [1.29, 1.82) is 0 Å². The quantitative estimate of drug-likeness (QED) is 0.815. The summed E-state index contributed by atoms with van der Waals surface area (Å²) in [6, 6.07) is 0. The summed E-state index contributed by atoms with van der Waals surface area (Å²) >= 11 is 0. The maximum atomic E-state index is 13.0. The molecule has 3 aliphatic rings. The second-order valence-electron chi connectivity index (χ2n) is 10.1. The highest BCUT2D eigenvalue weighted by atomic mass is 16.3. The molecule has 1 aliphatic carbocycles. The Morgan fingerprint density at radius 1 is 1.12 bits per heavy atom. The molecule has 2 N–H and O–H groups in total. The van der Waals surface area contributed by atoms with Gasteiger partial charge >= 0.3 is 0 Å². The van der Waals surface area contributed by atoms with E-state index >= 15 is 0 Å². The van der Waals surface area contributed by atoms with Crippen LogP contribution in [0.4, 0.5) is 0 Å². The summed E-state index contributed by atoms with van der Waals surface area (Å²) < 4.78 is 0. The Balaban J connectivity index is 1.62. The number of likely N-dealkylation sites (tertiary alicyclic amines) is 1. The van der Waals surface area contributed by atoms with Crippen LogP contribution in [0.3, 0.4) is 0 Å². The average Bonchev–Trinajstić information content (AvgIpc) is 2.76. The van der Waals surface area contributed by atoms with E-state index in [4.69, 9.17) is 0 Å². The number of nitrogens with one attached hydrogen (secondary N) is 1. The van der Waals surface area contributed by atoms with Gasteiger partial charge in [-0.05, 0) is 72.1 Å². The summed E-state index contributed by atoms with van der Waals surface area (Å²) in [4.78, 5) is 15.0. The fourth-order valence-electron chi connectivity index (χ4n) is 6.02. The van der Waals surface area contributed by atoms with Crippen LogP contribution in [0.2, 0.25) is 0 Å². The van der Waals surface area contributed by atoms with Gasteiger partial charge in [-0.25, -0.2) is 0 Å². The summed E-state index contributed by atoms with van der Waals surface area (Å²) in [6.45, 7) is 10.6. The van der Waals surface area contributed by atoms with E-state index in [1.807, 2.05) is 0 Å². The zero-order chi connectivity index (χ0) is 17.6. The molecular formula is C20H36N2O2. The molecule has 3 fully saturated rings. The minimum Gasteiger partial charge on any atom is -0.392 e. The van der Waals surface area contributed by atoms with E-state index in [1.54, 1.807) is 0 Å². The number of rotatable bonds is 2. The summed E-state index contributed by atoms with van der Waals surface area (Å²) in [6.07, 6.45) is 7.83. The maximum Gasteiger partial charge on any atom is 0.222 e. The fraction of sp³-hybridized carbons (Fsp3) is 0.950. The van der Waals surface area contributed by atoms with Crippen molar-refractivity contribution in [3.63, 3.8) is 0 Å². The number of carbonyl (C=O) groups is 1. The van der Waals surface area contributed by atoms with E-state index in [1.165, 1.54) is 0 Å².